The van der Waals surface area contributed by atoms with Crippen molar-refractivity contribution >= 4 is 39.1 Å². The average Bonchev–Trinajstić information content (AvgIpc) is 2.91. The molecule has 3 aromatic rings. The van der Waals surface area contributed by atoms with Crippen molar-refractivity contribution in [2.45, 2.75) is 57.6 Å². The zero-order chi connectivity index (χ0) is 29.7. The number of rotatable bonds is 10. The third-order valence-electron chi connectivity index (χ3n) is 6.23. The van der Waals surface area contributed by atoms with Crippen LogP contribution < -0.4 is 14.4 Å². The van der Waals surface area contributed by atoms with Crippen LogP contribution in [0.15, 0.2) is 77.7 Å². The van der Waals surface area contributed by atoms with E-state index in [4.69, 9.17) is 16.3 Å². The first-order valence-electron chi connectivity index (χ1n) is 12.8. The second kappa shape index (κ2) is 12.7. The molecular formula is C30H36ClN3O5S. The van der Waals surface area contributed by atoms with Gasteiger partial charge in [0, 0.05) is 17.1 Å². The maximum absolute atomic E-state index is 14.0. The minimum atomic E-state index is -4.17. The van der Waals surface area contributed by atoms with Crippen LogP contribution in [0.5, 0.6) is 5.75 Å². The van der Waals surface area contributed by atoms with E-state index in [2.05, 4.69) is 5.32 Å². The van der Waals surface area contributed by atoms with Gasteiger partial charge in [0.05, 0.1) is 17.7 Å². The Bertz CT molecular complexity index is 1440. The molecule has 2 amide bonds. The molecule has 3 rings (SSSR count). The highest BCUT2D eigenvalue weighted by atomic mass is 35.5. The summed E-state index contributed by atoms with van der Waals surface area (Å²) in [6, 6.07) is 19.0. The SMILES string of the molecule is COc1ccc(CN(C(=O)CN(c2cc(Cl)ccc2C)S(=O)(=O)c2ccccc2)[C@H](C)C(=O)NC(C)(C)C)cc1. The van der Waals surface area contributed by atoms with E-state index < -0.39 is 34.1 Å². The van der Waals surface area contributed by atoms with Crippen LogP contribution in [0.4, 0.5) is 5.69 Å². The molecule has 0 aliphatic carbocycles. The fourth-order valence-corrected chi connectivity index (χ4v) is 5.73. The Balaban J connectivity index is 2.06. The molecule has 0 bridgehead atoms. The summed E-state index contributed by atoms with van der Waals surface area (Å²) in [5.41, 5.74) is 1.12. The van der Waals surface area contributed by atoms with Crippen LogP contribution in [0.2, 0.25) is 5.02 Å². The van der Waals surface area contributed by atoms with E-state index in [1.165, 1.54) is 23.1 Å². The summed E-state index contributed by atoms with van der Waals surface area (Å²) >= 11 is 6.26. The van der Waals surface area contributed by atoms with Crippen LogP contribution in [0, 0.1) is 6.92 Å². The molecule has 0 saturated carbocycles. The first-order chi connectivity index (χ1) is 18.7. The minimum absolute atomic E-state index is 0.0300. The third kappa shape index (κ3) is 7.76. The zero-order valence-corrected chi connectivity index (χ0v) is 25.2. The lowest BCUT2D eigenvalue weighted by Gasteiger charge is -2.34. The summed E-state index contributed by atoms with van der Waals surface area (Å²) in [4.78, 5) is 28.6. The Morgan fingerprint density at radius 3 is 2.20 bits per heavy atom. The Hall–Kier alpha value is -3.56. The maximum Gasteiger partial charge on any atom is 0.264 e. The lowest BCUT2D eigenvalue weighted by Crippen LogP contribution is -2.54. The number of anilines is 1. The molecule has 214 valence electrons. The third-order valence-corrected chi connectivity index (χ3v) is 8.24. The van der Waals surface area contributed by atoms with Crippen LogP contribution in [0.25, 0.3) is 0 Å². The lowest BCUT2D eigenvalue weighted by molar-refractivity contribution is -0.140. The van der Waals surface area contributed by atoms with E-state index in [0.29, 0.717) is 16.3 Å². The van der Waals surface area contributed by atoms with Gasteiger partial charge in [-0.2, -0.15) is 0 Å². The number of carbonyl (C=O) groups is 2. The van der Waals surface area contributed by atoms with Crippen molar-refractivity contribution in [3.05, 3.63) is 88.9 Å². The normalized spacial score (nSPS) is 12.4. The average molecular weight is 586 g/mol. The number of methoxy groups -OCH3 is 1. The first-order valence-corrected chi connectivity index (χ1v) is 14.6. The minimum Gasteiger partial charge on any atom is -0.497 e. The summed E-state index contributed by atoms with van der Waals surface area (Å²) in [7, 11) is -2.61. The van der Waals surface area contributed by atoms with Crippen LogP contribution in [-0.4, -0.2) is 50.4 Å². The van der Waals surface area contributed by atoms with Gasteiger partial charge in [0.25, 0.3) is 10.0 Å². The van der Waals surface area contributed by atoms with Crippen LogP contribution in [-0.2, 0) is 26.2 Å². The number of amides is 2. The molecule has 0 unspecified atom stereocenters. The van der Waals surface area contributed by atoms with Gasteiger partial charge in [0.15, 0.2) is 0 Å². The Morgan fingerprint density at radius 2 is 1.62 bits per heavy atom. The summed E-state index contributed by atoms with van der Waals surface area (Å²) in [6.45, 7) is 8.47. The Morgan fingerprint density at radius 1 is 1.00 bits per heavy atom. The van der Waals surface area contributed by atoms with E-state index in [1.807, 2.05) is 20.8 Å². The summed E-state index contributed by atoms with van der Waals surface area (Å²) in [5, 5.41) is 3.24. The van der Waals surface area contributed by atoms with Crippen molar-refractivity contribution in [3.8, 4) is 5.75 Å². The Labute approximate surface area is 241 Å². The van der Waals surface area contributed by atoms with Gasteiger partial charge in [-0.25, -0.2) is 8.42 Å². The van der Waals surface area contributed by atoms with Crippen molar-refractivity contribution in [1.82, 2.24) is 10.2 Å². The van der Waals surface area contributed by atoms with Crippen LogP contribution >= 0.6 is 11.6 Å². The summed E-state index contributed by atoms with van der Waals surface area (Å²) < 4.78 is 34.1. The molecule has 8 nitrogen and oxygen atoms in total. The molecule has 0 spiro atoms. The van der Waals surface area contributed by atoms with Gasteiger partial charge < -0.3 is 15.0 Å². The van der Waals surface area contributed by atoms with E-state index in [0.717, 1.165) is 9.87 Å². The lowest BCUT2D eigenvalue weighted by atomic mass is 10.1. The quantitative estimate of drug-likeness (QED) is 0.353. The molecule has 0 aliphatic rings. The number of ether oxygens (including phenoxy) is 1. The number of benzene rings is 3. The van der Waals surface area contributed by atoms with Gasteiger partial charge in [-0.1, -0.05) is 48.0 Å². The first kappa shape index (κ1) is 31.0. The molecule has 0 heterocycles. The molecule has 1 atom stereocenters. The molecule has 10 heteroatoms. The van der Waals surface area contributed by atoms with Gasteiger partial charge in [-0.15, -0.1) is 0 Å². The highest BCUT2D eigenvalue weighted by Gasteiger charge is 2.34. The monoisotopic (exact) mass is 585 g/mol. The number of halogens is 1. The number of hydrogen-bond donors (Lipinski definition) is 1. The number of aryl methyl sites for hydroxylation is 1. The van der Waals surface area contributed by atoms with Crippen molar-refractivity contribution in [1.29, 1.82) is 0 Å². The molecule has 0 aliphatic heterocycles. The van der Waals surface area contributed by atoms with Gasteiger partial charge in [-0.05, 0) is 82.1 Å². The second-order valence-corrected chi connectivity index (χ2v) is 12.8. The maximum atomic E-state index is 14.0. The molecule has 0 radical (unpaired) electrons. The molecule has 0 aromatic heterocycles. The number of carbonyl (C=O) groups excluding carboxylic acids is 2. The number of hydrogen-bond acceptors (Lipinski definition) is 5. The van der Waals surface area contributed by atoms with Crippen molar-refractivity contribution < 1.29 is 22.7 Å². The van der Waals surface area contributed by atoms with E-state index >= 15 is 0 Å². The van der Waals surface area contributed by atoms with E-state index in [-0.39, 0.29) is 23.0 Å². The van der Waals surface area contributed by atoms with Gasteiger partial charge in [-0.3, -0.25) is 13.9 Å². The topological polar surface area (TPSA) is 96.0 Å². The van der Waals surface area contributed by atoms with Crippen molar-refractivity contribution in [3.63, 3.8) is 0 Å². The molecular weight excluding hydrogens is 550 g/mol. The van der Waals surface area contributed by atoms with E-state index in [9.17, 15) is 18.0 Å². The number of sulfonamides is 1. The smallest absolute Gasteiger partial charge is 0.264 e. The van der Waals surface area contributed by atoms with Gasteiger partial charge in [0.1, 0.15) is 18.3 Å². The molecule has 3 aromatic carbocycles. The van der Waals surface area contributed by atoms with Crippen LogP contribution in [0.3, 0.4) is 0 Å². The summed E-state index contributed by atoms with van der Waals surface area (Å²) in [6.07, 6.45) is 0. The highest BCUT2D eigenvalue weighted by Crippen LogP contribution is 2.30. The number of nitrogens with zero attached hydrogens (tertiary/aromatic N) is 2. The predicted molar refractivity (Wildman–Crippen MR) is 158 cm³/mol. The number of nitrogens with one attached hydrogen (secondary N) is 1. The van der Waals surface area contributed by atoms with Crippen molar-refractivity contribution in [2.75, 3.05) is 18.0 Å². The molecule has 1 N–H and O–H groups in total. The summed E-state index contributed by atoms with van der Waals surface area (Å²) in [5.74, 6) is -0.256. The van der Waals surface area contributed by atoms with Crippen LogP contribution in [0.1, 0.15) is 38.8 Å². The van der Waals surface area contributed by atoms with Crippen molar-refractivity contribution in [2.24, 2.45) is 0 Å². The predicted octanol–water partition coefficient (Wildman–Crippen LogP) is 5.18. The zero-order valence-electron chi connectivity index (χ0n) is 23.6. The molecule has 0 fully saturated rings. The van der Waals surface area contributed by atoms with Gasteiger partial charge >= 0.3 is 0 Å². The van der Waals surface area contributed by atoms with E-state index in [1.54, 1.807) is 75.6 Å². The highest BCUT2D eigenvalue weighted by molar-refractivity contribution is 7.92. The molecule has 40 heavy (non-hydrogen) atoms. The molecule has 0 saturated heterocycles. The largest absolute Gasteiger partial charge is 0.497 e. The fourth-order valence-electron chi connectivity index (χ4n) is 4.07. The standard InChI is InChI=1S/C30H36ClN3O5S/c1-21-12-15-24(31)18-27(21)34(40(37,38)26-10-8-7-9-11-26)20-28(35)33(22(2)29(36)32-30(3,4)5)19-23-13-16-25(39-6)17-14-23/h7-18,22H,19-20H2,1-6H3,(H,32,36)/t22-/m1/s1. The van der Waals surface area contributed by atoms with Gasteiger partial charge in [0.2, 0.25) is 11.8 Å². The second-order valence-electron chi connectivity index (χ2n) is 10.5. The fraction of sp³-hybridized carbons (Fsp3) is 0.333. The Kier molecular flexibility index (Phi) is 9.87.